The molecule has 0 amide bonds. The van der Waals surface area contributed by atoms with Crippen LogP contribution in [0.2, 0.25) is 0 Å². The van der Waals surface area contributed by atoms with Crippen molar-refractivity contribution in [1.29, 1.82) is 0 Å². The molecule has 0 radical (unpaired) electrons. The average molecular weight is 273 g/mol. The fraction of sp³-hybridized carbons (Fsp3) is 0.438. The summed E-state index contributed by atoms with van der Waals surface area (Å²) in [5.41, 5.74) is 1.95. The molecule has 0 aliphatic carbocycles. The topological polar surface area (TPSA) is 48.1 Å². The number of pyridine rings is 1. The standard InChI is InChI=1S/C16H23N3O/c1-3-19(4-2)12-6-10-17-14-8-5-7-13-15(20)9-11-18-16(13)14/h5,7-9,11,17H,3-4,6,10,12H2,1-2H3,(H,18,20). The van der Waals surface area contributed by atoms with Gasteiger partial charge in [-0.3, -0.25) is 4.79 Å². The van der Waals surface area contributed by atoms with E-state index in [-0.39, 0.29) is 5.43 Å². The van der Waals surface area contributed by atoms with Crippen LogP contribution >= 0.6 is 0 Å². The molecule has 0 bridgehead atoms. The van der Waals surface area contributed by atoms with E-state index in [0.717, 1.165) is 49.2 Å². The van der Waals surface area contributed by atoms with E-state index in [2.05, 4.69) is 29.0 Å². The maximum Gasteiger partial charge on any atom is 0.189 e. The summed E-state index contributed by atoms with van der Waals surface area (Å²) in [5, 5.41) is 4.16. The molecular weight excluding hydrogens is 250 g/mol. The van der Waals surface area contributed by atoms with Gasteiger partial charge >= 0.3 is 0 Å². The van der Waals surface area contributed by atoms with Crippen LogP contribution in [0.15, 0.2) is 35.3 Å². The molecule has 0 fully saturated rings. The van der Waals surface area contributed by atoms with E-state index < -0.39 is 0 Å². The minimum absolute atomic E-state index is 0.0607. The van der Waals surface area contributed by atoms with Gasteiger partial charge in [-0.15, -0.1) is 0 Å². The number of nitrogens with zero attached hydrogens (tertiary/aromatic N) is 1. The highest BCUT2D eigenvalue weighted by atomic mass is 16.1. The first-order valence-electron chi connectivity index (χ1n) is 7.33. The highest BCUT2D eigenvalue weighted by Crippen LogP contribution is 2.18. The van der Waals surface area contributed by atoms with Gasteiger partial charge < -0.3 is 15.2 Å². The third-order valence-electron chi connectivity index (χ3n) is 3.65. The van der Waals surface area contributed by atoms with Crippen molar-refractivity contribution in [3.05, 3.63) is 40.7 Å². The molecule has 0 spiro atoms. The minimum atomic E-state index is 0.0607. The molecule has 1 aromatic carbocycles. The van der Waals surface area contributed by atoms with Gasteiger partial charge in [-0.2, -0.15) is 0 Å². The lowest BCUT2D eigenvalue weighted by atomic mass is 10.2. The Morgan fingerprint density at radius 2 is 2.00 bits per heavy atom. The highest BCUT2D eigenvalue weighted by molar-refractivity contribution is 5.89. The Morgan fingerprint density at radius 1 is 1.20 bits per heavy atom. The third kappa shape index (κ3) is 3.39. The summed E-state index contributed by atoms with van der Waals surface area (Å²) in [7, 11) is 0. The predicted octanol–water partition coefficient (Wildman–Crippen LogP) is 2.67. The summed E-state index contributed by atoms with van der Waals surface area (Å²) in [4.78, 5) is 17.3. The number of anilines is 1. The van der Waals surface area contributed by atoms with Crippen LogP contribution in [0.4, 0.5) is 5.69 Å². The molecule has 0 unspecified atom stereocenters. The van der Waals surface area contributed by atoms with E-state index in [1.54, 1.807) is 12.3 Å². The van der Waals surface area contributed by atoms with Crippen molar-refractivity contribution >= 4 is 16.6 Å². The van der Waals surface area contributed by atoms with Gasteiger partial charge in [-0.1, -0.05) is 19.9 Å². The number of aromatic nitrogens is 1. The van der Waals surface area contributed by atoms with Gasteiger partial charge in [0, 0.05) is 24.2 Å². The number of para-hydroxylation sites is 1. The van der Waals surface area contributed by atoms with Crippen LogP contribution < -0.4 is 10.7 Å². The molecule has 108 valence electrons. The van der Waals surface area contributed by atoms with Gasteiger partial charge in [-0.05, 0) is 38.2 Å². The lowest BCUT2D eigenvalue weighted by Gasteiger charge is -2.18. The van der Waals surface area contributed by atoms with E-state index in [4.69, 9.17) is 0 Å². The zero-order valence-corrected chi connectivity index (χ0v) is 12.3. The number of rotatable bonds is 7. The van der Waals surface area contributed by atoms with E-state index in [1.165, 1.54) is 0 Å². The second-order valence-electron chi connectivity index (χ2n) is 4.88. The normalized spacial score (nSPS) is 11.2. The first-order valence-corrected chi connectivity index (χ1v) is 7.33. The predicted molar refractivity (Wildman–Crippen MR) is 85.5 cm³/mol. The van der Waals surface area contributed by atoms with Crippen LogP contribution in [0.5, 0.6) is 0 Å². The minimum Gasteiger partial charge on any atom is -0.383 e. The Morgan fingerprint density at radius 3 is 2.75 bits per heavy atom. The zero-order chi connectivity index (χ0) is 14.4. The molecule has 4 heteroatoms. The molecule has 1 heterocycles. The second-order valence-corrected chi connectivity index (χ2v) is 4.88. The maximum atomic E-state index is 11.8. The zero-order valence-electron chi connectivity index (χ0n) is 12.3. The molecule has 2 aromatic rings. The number of aromatic amines is 1. The molecule has 0 aliphatic heterocycles. The largest absolute Gasteiger partial charge is 0.383 e. The monoisotopic (exact) mass is 273 g/mol. The first kappa shape index (κ1) is 14.6. The molecule has 4 nitrogen and oxygen atoms in total. The van der Waals surface area contributed by atoms with Crippen LogP contribution in [0.3, 0.4) is 0 Å². The van der Waals surface area contributed by atoms with E-state index in [1.807, 2.05) is 18.2 Å². The Hall–Kier alpha value is -1.81. The fourth-order valence-corrected chi connectivity index (χ4v) is 2.42. The summed E-state index contributed by atoms with van der Waals surface area (Å²) in [5.74, 6) is 0. The van der Waals surface area contributed by atoms with Crippen LogP contribution in [0, 0.1) is 0 Å². The molecule has 20 heavy (non-hydrogen) atoms. The summed E-state index contributed by atoms with van der Waals surface area (Å²) >= 11 is 0. The molecule has 0 atom stereocenters. The van der Waals surface area contributed by atoms with E-state index >= 15 is 0 Å². The Bertz CT molecular complexity index is 602. The van der Waals surface area contributed by atoms with Crippen molar-refractivity contribution in [1.82, 2.24) is 9.88 Å². The van der Waals surface area contributed by atoms with Crippen molar-refractivity contribution < 1.29 is 0 Å². The number of hydrogen-bond donors (Lipinski definition) is 2. The molecule has 2 rings (SSSR count). The number of hydrogen-bond acceptors (Lipinski definition) is 3. The summed E-state index contributed by atoms with van der Waals surface area (Å²) < 4.78 is 0. The smallest absolute Gasteiger partial charge is 0.189 e. The van der Waals surface area contributed by atoms with Crippen molar-refractivity contribution in [2.24, 2.45) is 0 Å². The van der Waals surface area contributed by atoms with Gasteiger partial charge in [0.2, 0.25) is 0 Å². The van der Waals surface area contributed by atoms with Crippen molar-refractivity contribution in [2.45, 2.75) is 20.3 Å². The maximum absolute atomic E-state index is 11.8. The van der Waals surface area contributed by atoms with Gasteiger partial charge in [-0.25, -0.2) is 0 Å². The van der Waals surface area contributed by atoms with Gasteiger partial charge in [0.05, 0.1) is 11.2 Å². The van der Waals surface area contributed by atoms with E-state index in [9.17, 15) is 4.79 Å². The van der Waals surface area contributed by atoms with Crippen LogP contribution in [0.25, 0.3) is 10.9 Å². The fourth-order valence-electron chi connectivity index (χ4n) is 2.42. The van der Waals surface area contributed by atoms with Gasteiger partial charge in [0.15, 0.2) is 5.43 Å². The molecule has 0 saturated carbocycles. The summed E-state index contributed by atoms with van der Waals surface area (Å²) in [6.07, 6.45) is 2.79. The van der Waals surface area contributed by atoms with Crippen molar-refractivity contribution in [3.8, 4) is 0 Å². The quantitative estimate of drug-likeness (QED) is 0.763. The Labute approximate surface area is 119 Å². The molecular formula is C16H23N3O. The number of fused-ring (bicyclic) bond motifs is 1. The molecule has 0 saturated heterocycles. The summed E-state index contributed by atoms with van der Waals surface area (Å²) in [6.45, 7) is 8.57. The Balaban J connectivity index is 2.00. The molecule has 0 aliphatic rings. The van der Waals surface area contributed by atoms with E-state index in [0.29, 0.717) is 0 Å². The van der Waals surface area contributed by atoms with Crippen LogP contribution in [0.1, 0.15) is 20.3 Å². The van der Waals surface area contributed by atoms with Crippen LogP contribution in [-0.2, 0) is 0 Å². The van der Waals surface area contributed by atoms with Gasteiger partial charge in [0.1, 0.15) is 0 Å². The molecule has 2 N–H and O–H groups in total. The third-order valence-corrected chi connectivity index (χ3v) is 3.65. The van der Waals surface area contributed by atoms with Gasteiger partial charge in [0.25, 0.3) is 0 Å². The highest BCUT2D eigenvalue weighted by Gasteiger charge is 2.03. The molecule has 1 aromatic heterocycles. The lowest BCUT2D eigenvalue weighted by molar-refractivity contribution is 0.303. The number of nitrogens with one attached hydrogen (secondary N) is 2. The van der Waals surface area contributed by atoms with Crippen LogP contribution in [-0.4, -0.2) is 36.1 Å². The number of H-pyrrole nitrogens is 1. The number of benzene rings is 1. The van der Waals surface area contributed by atoms with Crippen molar-refractivity contribution in [3.63, 3.8) is 0 Å². The SMILES string of the molecule is CCN(CC)CCCNc1cccc2c(=O)cc[nH]c12. The average Bonchev–Trinajstić information content (AvgIpc) is 2.48. The first-order chi connectivity index (χ1) is 9.76. The lowest BCUT2D eigenvalue weighted by Crippen LogP contribution is -2.25. The summed E-state index contributed by atoms with van der Waals surface area (Å²) in [6, 6.07) is 7.35. The van der Waals surface area contributed by atoms with Crippen molar-refractivity contribution in [2.75, 3.05) is 31.5 Å². The second kappa shape index (κ2) is 7.10. The Kier molecular flexibility index (Phi) is 5.18.